The molecule has 0 aliphatic heterocycles. The molecule has 0 saturated heterocycles. The molecule has 0 aromatic heterocycles. The van der Waals surface area contributed by atoms with Crippen molar-refractivity contribution < 1.29 is 23.1 Å². The standard InChI is InChI=1S/C13H19NO5S/c1-9(2)19-7-8-20(17,18)14-12-10(3)5-4-6-11(12)13(15)16/h4-6,9,14H,7-8H2,1-3H3,(H,15,16). The fourth-order valence-corrected chi connectivity index (χ4v) is 2.58. The predicted molar refractivity (Wildman–Crippen MR) is 76.6 cm³/mol. The Morgan fingerprint density at radius 3 is 2.60 bits per heavy atom. The van der Waals surface area contributed by atoms with Crippen molar-refractivity contribution in [3.05, 3.63) is 29.3 Å². The summed E-state index contributed by atoms with van der Waals surface area (Å²) in [5, 5.41) is 9.08. The van der Waals surface area contributed by atoms with Gasteiger partial charge in [0, 0.05) is 0 Å². The summed E-state index contributed by atoms with van der Waals surface area (Å²) in [4.78, 5) is 11.1. The van der Waals surface area contributed by atoms with Crippen molar-refractivity contribution in [1.82, 2.24) is 0 Å². The molecule has 6 nitrogen and oxygen atoms in total. The average molecular weight is 301 g/mol. The molecule has 0 unspecified atom stereocenters. The Labute approximate surface area is 118 Å². The smallest absolute Gasteiger partial charge is 0.337 e. The fourth-order valence-electron chi connectivity index (χ4n) is 1.58. The summed E-state index contributed by atoms with van der Waals surface area (Å²) >= 11 is 0. The van der Waals surface area contributed by atoms with Crippen LogP contribution in [-0.2, 0) is 14.8 Å². The van der Waals surface area contributed by atoms with Crippen LogP contribution in [0.1, 0.15) is 29.8 Å². The zero-order valence-corrected chi connectivity index (χ0v) is 12.5. The van der Waals surface area contributed by atoms with Crippen molar-refractivity contribution >= 4 is 21.7 Å². The van der Waals surface area contributed by atoms with E-state index in [1.165, 1.54) is 6.07 Å². The molecule has 0 saturated carbocycles. The molecule has 0 aliphatic carbocycles. The number of carboxylic acids is 1. The normalized spacial score (nSPS) is 11.6. The van der Waals surface area contributed by atoms with E-state index in [-0.39, 0.29) is 29.7 Å². The Bertz CT molecular complexity index is 580. The molecule has 0 radical (unpaired) electrons. The predicted octanol–water partition coefficient (Wildman–Crippen LogP) is 1.86. The van der Waals surface area contributed by atoms with Gasteiger partial charge in [-0.3, -0.25) is 4.72 Å². The van der Waals surface area contributed by atoms with E-state index in [1.54, 1.807) is 19.1 Å². The number of aryl methyl sites for hydroxylation is 1. The zero-order valence-electron chi connectivity index (χ0n) is 11.7. The van der Waals surface area contributed by atoms with E-state index in [0.717, 1.165) is 0 Å². The number of sulfonamides is 1. The van der Waals surface area contributed by atoms with Crippen LogP contribution in [0.3, 0.4) is 0 Å². The molecule has 0 aliphatic rings. The van der Waals surface area contributed by atoms with Gasteiger partial charge >= 0.3 is 5.97 Å². The molecule has 20 heavy (non-hydrogen) atoms. The molecule has 7 heteroatoms. The molecule has 0 heterocycles. The Morgan fingerprint density at radius 1 is 1.40 bits per heavy atom. The zero-order chi connectivity index (χ0) is 15.3. The van der Waals surface area contributed by atoms with Gasteiger partial charge in [0.2, 0.25) is 10.0 Å². The van der Waals surface area contributed by atoms with Gasteiger partial charge < -0.3 is 9.84 Å². The molecule has 2 N–H and O–H groups in total. The molecule has 0 bridgehead atoms. The van der Waals surface area contributed by atoms with Gasteiger partial charge in [0.25, 0.3) is 0 Å². The van der Waals surface area contributed by atoms with Crippen molar-refractivity contribution in [3.63, 3.8) is 0 Å². The first kappa shape index (κ1) is 16.5. The Morgan fingerprint density at radius 2 is 2.05 bits per heavy atom. The van der Waals surface area contributed by atoms with E-state index in [1.807, 2.05) is 13.8 Å². The molecular weight excluding hydrogens is 282 g/mol. The molecule has 112 valence electrons. The minimum absolute atomic E-state index is 0.0568. The minimum Gasteiger partial charge on any atom is -0.478 e. The molecule has 0 atom stereocenters. The van der Waals surface area contributed by atoms with Gasteiger partial charge in [-0.1, -0.05) is 12.1 Å². The van der Waals surface area contributed by atoms with Crippen molar-refractivity contribution in [2.45, 2.75) is 26.9 Å². The summed E-state index contributed by atoms with van der Waals surface area (Å²) in [7, 11) is -3.65. The van der Waals surface area contributed by atoms with Crippen LogP contribution in [0.25, 0.3) is 0 Å². The Kier molecular flexibility index (Phi) is 5.52. The maximum atomic E-state index is 11.9. The molecule has 0 amide bonds. The SMILES string of the molecule is Cc1cccc(C(=O)O)c1NS(=O)(=O)CCOC(C)C. The highest BCUT2D eigenvalue weighted by molar-refractivity contribution is 7.92. The molecule has 0 spiro atoms. The second kappa shape index (κ2) is 6.71. The van der Waals surface area contributed by atoms with Crippen molar-refractivity contribution in [2.24, 2.45) is 0 Å². The first-order valence-corrected chi connectivity index (χ1v) is 7.83. The lowest BCUT2D eigenvalue weighted by atomic mass is 10.1. The maximum absolute atomic E-state index is 11.9. The summed E-state index contributed by atoms with van der Waals surface area (Å²) < 4.78 is 31.4. The van der Waals surface area contributed by atoms with E-state index < -0.39 is 16.0 Å². The molecular formula is C13H19NO5S. The average Bonchev–Trinajstić information content (AvgIpc) is 2.30. The lowest BCUT2D eigenvalue weighted by Crippen LogP contribution is -2.23. The van der Waals surface area contributed by atoms with Crippen LogP contribution < -0.4 is 4.72 Å². The van der Waals surface area contributed by atoms with Gasteiger partial charge in [-0.05, 0) is 32.4 Å². The molecule has 1 aromatic carbocycles. The van der Waals surface area contributed by atoms with Crippen molar-refractivity contribution in [2.75, 3.05) is 17.1 Å². The number of rotatable bonds is 7. The highest BCUT2D eigenvalue weighted by Gasteiger charge is 2.18. The van der Waals surface area contributed by atoms with Crippen LogP contribution in [0.2, 0.25) is 0 Å². The third-order valence-electron chi connectivity index (χ3n) is 2.56. The van der Waals surface area contributed by atoms with E-state index >= 15 is 0 Å². The summed E-state index contributed by atoms with van der Waals surface area (Å²) in [5.74, 6) is -1.40. The lowest BCUT2D eigenvalue weighted by molar-refractivity contribution is 0.0698. The van der Waals surface area contributed by atoms with Crippen LogP contribution in [0, 0.1) is 6.92 Å². The quantitative estimate of drug-likeness (QED) is 0.802. The number of hydrogen-bond acceptors (Lipinski definition) is 4. The topological polar surface area (TPSA) is 92.7 Å². The first-order chi connectivity index (χ1) is 9.23. The fraction of sp³-hybridized carbons (Fsp3) is 0.462. The first-order valence-electron chi connectivity index (χ1n) is 6.18. The van der Waals surface area contributed by atoms with E-state index in [0.29, 0.717) is 5.56 Å². The van der Waals surface area contributed by atoms with E-state index in [2.05, 4.69) is 4.72 Å². The number of anilines is 1. The highest BCUT2D eigenvalue weighted by Crippen LogP contribution is 2.21. The van der Waals surface area contributed by atoms with Gasteiger partial charge in [-0.15, -0.1) is 0 Å². The van der Waals surface area contributed by atoms with Gasteiger partial charge in [0.15, 0.2) is 0 Å². The summed E-state index contributed by atoms with van der Waals surface area (Å²) in [6.07, 6.45) is -0.0572. The van der Waals surface area contributed by atoms with Crippen LogP contribution >= 0.6 is 0 Å². The summed E-state index contributed by atoms with van der Waals surface area (Å²) in [6, 6.07) is 4.57. The van der Waals surface area contributed by atoms with Gasteiger partial charge in [-0.2, -0.15) is 0 Å². The van der Waals surface area contributed by atoms with Crippen LogP contribution in [0.4, 0.5) is 5.69 Å². The Balaban J connectivity index is 2.89. The summed E-state index contributed by atoms with van der Waals surface area (Å²) in [5.41, 5.74) is 0.584. The van der Waals surface area contributed by atoms with Crippen LogP contribution in [-0.4, -0.2) is 38.0 Å². The number of ether oxygens (including phenoxy) is 1. The number of nitrogens with one attached hydrogen (secondary N) is 1. The number of benzene rings is 1. The number of para-hydroxylation sites is 1. The number of hydrogen-bond donors (Lipinski definition) is 2. The largest absolute Gasteiger partial charge is 0.478 e. The van der Waals surface area contributed by atoms with Crippen molar-refractivity contribution in [3.8, 4) is 0 Å². The van der Waals surface area contributed by atoms with Crippen LogP contribution in [0.5, 0.6) is 0 Å². The third-order valence-corrected chi connectivity index (χ3v) is 3.78. The van der Waals surface area contributed by atoms with E-state index in [4.69, 9.17) is 9.84 Å². The molecule has 1 aromatic rings. The highest BCUT2D eigenvalue weighted by atomic mass is 32.2. The second-order valence-corrected chi connectivity index (χ2v) is 6.48. The number of carboxylic acid groups (broad SMARTS) is 1. The van der Waals surface area contributed by atoms with Crippen molar-refractivity contribution in [1.29, 1.82) is 0 Å². The van der Waals surface area contributed by atoms with E-state index in [9.17, 15) is 13.2 Å². The van der Waals surface area contributed by atoms with Crippen LogP contribution in [0.15, 0.2) is 18.2 Å². The molecule has 0 fully saturated rings. The number of carbonyl (C=O) groups is 1. The molecule has 1 rings (SSSR count). The monoisotopic (exact) mass is 301 g/mol. The van der Waals surface area contributed by atoms with Gasteiger partial charge in [0.05, 0.1) is 29.7 Å². The Hall–Kier alpha value is -1.60. The van der Waals surface area contributed by atoms with Gasteiger partial charge in [0.1, 0.15) is 0 Å². The lowest BCUT2D eigenvalue weighted by Gasteiger charge is -2.13. The maximum Gasteiger partial charge on any atom is 0.337 e. The van der Waals surface area contributed by atoms with Gasteiger partial charge in [-0.25, -0.2) is 13.2 Å². The number of aromatic carboxylic acids is 1. The summed E-state index contributed by atoms with van der Waals surface area (Å²) in [6.45, 7) is 5.32. The second-order valence-electron chi connectivity index (χ2n) is 4.64. The third kappa shape index (κ3) is 4.82. The minimum atomic E-state index is -3.65.